The van der Waals surface area contributed by atoms with E-state index in [4.69, 9.17) is 18.9 Å². The zero-order valence-electron chi connectivity index (χ0n) is 32.9. The molecule has 0 radical (unpaired) electrons. The van der Waals surface area contributed by atoms with Gasteiger partial charge in [0.25, 0.3) is 0 Å². The van der Waals surface area contributed by atoms with Crippen molar-refractivity contribution in [2.24, 2.45) is 56.7 Å². The number of hydrogen-bond acceptors (Lipinski definition) is 11. The topological polar surface area (TPSA) is 213 Å². The van der Waals surface area contributed by atoms with Gasteiger partial charge in [-0.3, -0.25) is 9.59 Å². The van der Waals surface area contributed by atoms with Crippen LogP contribution < -0.4 is 0 Å². The number of aliphatic carboxylic acids is 2. The van der Waals surface area contributed by atoms with Gasteiger partial charge >= 0.3 is 11.9 Å². The van der Waals surface area contributed by atoms with E-state index in [9.17, 15) is 45.3 Å². The van der Waals surface area contributed by atoms with Crippen LogP contribution in [0.15, 0.2) is 11.6 Å². The minimum atomic E-state index is -1.61. The summed E-state index contributed by atoms with van der Waals surface area (Å²) in [5.74, 6) is -1.39. The number of aliphatic hydroxyl groups is 5. The van der Waals surface area contributed by atoms with Gasteiger partial charge in [-0.1, -0.05) is 53.2 Å². The first kappa shape index (κ1) is 40.5. The van der Waals surface area contributed by atoms with Crippen LogP contribution in [0.4, 0.5) is 0 Å². The predicted octanol–water partition coefficient (Wildman–Crippen LogP) is 3.47. The summed E-state index contributed by atoms with van der Waals surface area (Å²) in [6.45, 7) is 14.5. The van der Waals surface area contributed by atoms with E-state index in [1.54, 1.807) is 6.92 Å². The molecule has 2 heterocycles. The van der Waals surface area contributed by atoms with E-state index in [1.807, 2.05) is 0 Å². The molecule has 2 saturated heterocycles. The number of hydrogen-bond donors (Lipinski definition) is 7. The molecule has 13 nitrogen and oxygen atoms in total. The van der Waals surface area contributed by atoms with E-state index in [2.05, 4.69) is 47.6 Å². The molecule has 7 N–H and O–H groups in total. The Balaban J connectivity index is 1.15. The van der Waals surface area contributed by atoms with Crippen molar-refractivity contribution in [1.82, 2.24) is 0 Å². The zero-order valence-corrected chi connectivity index (χ0v) is 32.9. The van der Waals surface area contributed by atoms with Gasteiger partial charge in [0, 0.05) is 0 Å². The summed E-state index contributed by atoms with van der Waals surface area (Å²) >= 11 is 0. The molecule has 0 aromatic heterocycles. The lowest BCUT2D eigenvalue weighted by molar-refractivity contribution is -0.358. The van der Waals surface area contributed by atoms with Crippen LogP contribution in [-0.4, -0.2) is 116 Å². The van der Waals surface area contributed by atoms with E-state index in [0.29, 0.717) is 44.4 Å². The molecule has 5 aliphatic carbocycles. The van der Waals surface area contributed by atoms with Crippen LogP contribution in [0.5, 0.6) is 0 Å². The molecule has 0 aromatic rings. The number of fused-ring (bicyclic) bond motifs is 7. The van der Waals surface area contributed by atoms with Gasteiger partial charge in [0.1, 0.15) is 36.6 Å². The molecule has 0 aromatic carbocycles. The highest BCUT2D eigenvalue weighted by atomic mass is 16.7. The maximum Gasteiger partial charge on any atom is 0.314 e. The van der Waals surface area contributed by atoms with Crippen LogP contribution in [-0.2, 0) is 28.5 Å². The van der Waals surface area contributed by atoms with Gasteiger partial charge < -0.3 is 54.7 Å². The number of allylic oxidation sites excluding steroid dienone is 1. The second-order valence-electron chi connectivity index (χ2n) is 19.5. The second kappa shape index (κ2) is 13.7. The second-order valence-corrected chi connectivity index (χ2v) is 19.5. The van der Waals surface area contributed by atoms with Gasteiger partial charge in [0.15, 0.2) is 12.6 Å². The van der Waals surface area contributed by atoms with Crippen LogP contribution >= 0.6 is 0 Å². The summed E-state index contributed by atoms with van der Waals surface area (Å²) in [7, 11) is 0. The molecular formula is C41H64O13. The molecular weight excluding hydrogens is 700 g/mol. The van der Waals surface area contributed by atoms with Crippen molar-refractivity contribution in [1.29, 1.82) is 0 Å². The SMILES string of the molecule is C[C@H]1[C@H](C)CC[C@]2(C(=O)O)CC[C@]3(C(=O)O)C(=CC[C@@H]4[C@@]5(C)CC[C@H](O[C@@H]6O[C@@H](C)[C@H](O)[C@@H](O[C@@H]7OC[C@@H](O)[C@H](O)[C@H]7O)[C@H]6O)C(C)(C)[C@@H]5CC[C@]43C)[C@H]12. The van der Waals surface area contributed by atoms with Crippen molar-refractivity contribution in [3.05, 3.63) is 11.6 Å². The van der Waals surface area contributed by atoms with E-state index in [1.165, 1.54) is 0 Å². The third-order valence-electron chi connectivity index (χ3n) is 17.0. The molecule has 0 unspecified atom stereocenters. The highest BCUT2D eigenvalue weighted by molar-refractivity contribution is 5.84. The summed E-state index contributed by atoms with van der Waals surface area (Å²) in [4.78, 5) is 27.0. The van der Waals surface area contributed by atoms with Gasteiger partial charge in [0.05, 0.1) is 29.6 Å². The van der Waals surface area contributed by atoms with Crippen molar-refractivity contribution in [2.45, 2.75) is 168 Å². The van der Waals surface area contributed by atoms with E-state index < -0.39 is 88.9 Å². The normalized spacial score (nSPS) is 54.2. The Morgan fingerprint density at radius 1 is 0.759 bits per heavy atom. The van der Waals surface area contributed by atoms with Crippen LogP contribution in [0.2, 0.25) is 0 Å². The molecule has 306 valence electrons. The van der Waals surface area contributed by atoms with Crippen molar-refractivity contribution >= 4 is 11.9 Å². The Morgan fingerprint density at radius 3 is 2.13 bits per heavy atom. The molecule has 0 bridgehead atoms. The summed E-state index contributed by atoms with van der Waals surface area (Å²) < 4.78 is 23.9. The number of carboxylic acids is 2. The molecule has 2 aliphatic heterocycles. The highest BCUT2D eigenvalue weighted by Crippen LogP contribution is 2.76. The molecule has 54 heavy (non-hydrogen) atoms. The summed E-state index contributed by atoms with van der Waals surface area (Å²) in [5, 5.41) is 75.1. The molecule has 13 heteroatoms. The third kappa shape index (κ3) is 5.56. The molecule has 6 fully saturated rings. The van der Waals surface area contributed by atoms with E-state index in [0.717, 1.165) is 24.8 Å². The summed E-state index contributed by atoms with van der Waals surface area (Å²) in [6.07, 6.45) is -4.46. The van der Waals surface area contributed by atoms with E-state index >= 15 is 0 Å². The fourth-order valence-corrected chi connectivity index (χ4v) is 13.7. The van der Waals surface area contributed by atoms with Crippen molar-refractivity contribution in [3.63, 3.8) is 0 Å². The predicted molar refractivity (Wildman–Crippen MR) is 192 cm³/mol. The number of carboxylic acid groups (broad SMARTS) is 2. The van der Waals surface area contributed by atoms with Crippen LogP contribution in [0.3, 0.4) is 0 Å². The fourth-order valence-electron chi connectivity index (χ4n) is 13.7. The number of carbonyl (C=O) groups is 2. The average Bonchev–Trinajstić information content (AvgIpc) is 3.10. The van der Waals surface area contributed by atoms with Crippen LogP contribution in [0.25, 0.3) is 0 Å². The van der Waals surface area contributed by atoms with Crippen LogP contribution in [0, 0.1) is 56.7 Å². The highest BCUT2D eigenvalue weighted by Gasteiger charge is 2.73. The van der Waals surface area contributed by atoms with Gasteiger partial charge in [-0.05, 0) is 111 Å². The first-order valence-corrected chi connectivity index (χ1v) is 20.3. The van der Waals surface area contributed by atoms with Crippen molar-refractivity contribution in [3.8, 4) is 0 Å². The Bertz CT molecular complexity index is 1500. The smallest absolute Gasteiger partial charge is 0.314 e. The maximum atomic E-state index is 13.9. The Hall–Kier alpha value is -1.68. The number of aliphatic hydroxyl groups excluding tert-OH is 5. The van der Waals surface area contributed by atoms with Crippen molar-refractivity contribution in [2.75, 3.05) is 6.61 Å². The molecule has 7 aliphatic rings. The lowest BCUT2D eigenvalue weighted by Crippen LogP contribution is -2.68. The molecule has 19 atom stereocenters. The lowest BCUT2D eigenvalue weighted by atomic mass is 9.33. The number of ether oxygens (including phenoxy) is 4. The van der Waals surface area contributed by atoms with Crippen LogP contribution in [0.1, 0.15) is 106 Å². The number of rotatable bonds is 6. The fraction of sp³-hybridized carbons (Fsp3) is 0.902. The Labute approximate surface area is 318 Å². The summed E-state index contributed by atoms with van der Waals surface area (Å²) in [6, 6.07) is 0. The van der Waals surface area contributed by atoms with E-state index in [-0.39, 0.29) is 41.8 Å². The minimum Gasteiger partial charge on any atom is -0.481 e. The van der Waals surface area contributed by atoms with Gasteiger partial charge in [-0.25, -0.2) is 0 Å². The molecule has 7 rings (SSSR count). The first-order valence-electron chi connectivity index (χ1n) is 20.3. The van der Waals surface area contributed by atoms with Crippen molar-refractivity contribution < 1.29 is 64.3 Å². The minimum absolute atomic E-state index is 0.0396. The monoisotopic (exact) mass is 764 g/mol. The molecule has 4 saturated carbocycles. The molecule has 0 spiro atoms. The maximum absolute atomic E-state index is 13.9. The Morgan fingerprint density at radius 2 is 1.46 bits per heavy atom. The first-order chi connectivity index (χ1) is 25.2. The largest absolute Gasteiger partial charge is 0.481 e. The van der Waals surface area contributed by atoms with Gasteiger partial charge in [0.2, 0.25) is 0 Å². The standard InChI is InChI=1S/C41H64O13/c1-19-10-15-40(35(47)48)16-17-41(36(49)50)22(27(40)20(19)2)8-9-25-38(6)13-12-26(37(4,5)24(38)11-14-39(25,41)7)53-34-31(46)32(28(43)21(3)52-34)54-33-30(45)29(44)23(42)18-51-33/h8,19-21,23-34,42-46H,9-18H2,1-7H3,(H,47,48)(H,49,50)/t19-,20+,21+,23-,24+,25-,26+,27+,28+,29+,30-,31-,32-,33+,34+,38+,39-,40+,41-/m1/s1. The molecule has 0 amide bonds. The average molecular weight is 765 g/mol. The summed E-state index contributed by atoms with van der Waals surface area (Å²) in [5.41, 5.74) is -2.49. The van der Waals surface area contributed by atoms with Gasteiger partial charge in [-0.15, -0.1) is 0 Å². The Kier molecular flexibility index (Phi) is 10.3. The quantitative estimate of drug-likeness (QED) is 0.153. The zero-order chi connectivity index (χ0) is 39.5. The third-order valence-corrected chi connectivity index (χ3v) is 17.0. The van der Waals surface area contributed by atoms with Gasteiger partial charge in [-0.2, -0.15) is 0 Å². The lowest BCUT2D eigenvalue weighted by Gasteiger charge is -2.70.